The zero-order valence-electron chi connectivity index (χ0n) is 9.76. The molecule has 1 aromatic rings. The molecule has 0 aromatic heterocycles. The first-order valence-corrected chi connectivity index (χ1v) is 5.55. The molecule has 92 valence electrons. The van der Waals surface area contributed by atoms with E-state index < -0.39 is 17.9 Å². The Labute approximate surface area is 100 Å². The third kappa shape index (κ3) is 4.68. The van der Waals surface area contributed by atoms with Crippen molar-refractivity contribution >= 4 is 11.9 Å². The lowest BCUT2D eigenvalue weighted by molar-refractivity contribution is -0.152. The van der Waals surface area contributed by atoms with Gasteiger partial charge < -0.3 is 9.84 Å². The van der Waals surface area contributed by atoms with E-state index in [9.17, 15) is 9.59 Å². The monoisotopic (exact) mass is 236 g/mol. The fraction of sp³-hybridized carbons (Fsp3) is 0.385. The van der Waals surface area contributed by atoms with E-state index in [0.29, 0.717) is 6.42 Å². The molecule has 0 heterocycles. The van der Waals surface area contributed by atoms with E-state index in [0.717, 1.165) is 5.56 Å². The molecule has 4 heteroatoms. The highest BCUT2D eigenvalue weighted by molar-refractivity contribution is 5.78. The first-order chi connectivity index (χ1) is 8.13. The molecule has 4 nitrogen and oxygen atoms in total. The molecule has 0 aliphatic heterocycles. The van der Waals surface area contributed by atoms with Gasteiger partial charge in [0.25, 0.3) is 0 Å². The molecule has 0 saturated carbocycles. The number of carboxylic acid groups (broad SMARTS) is 1. The smallest absolute Gasteiger partial charge is 0.307 e. The zero-order valence-corrected chi connectivity index (χ0v) is 9.76. The van der Waals surface area contributed by atoms with Crippen molar-refractivity contribution in [1.29, 1.82) is 0 Å². The summed E-state index contributed by atoms with van der Waals surface area (Å²) in [5.41, 5.74) is 0.893. The molecule has 1 unspecified atom stereocenters. The third-order valence-electron chi connectivity index (χ3n) is 2.50. The largest absolute Gasteiger partial charge is 0.481 e. The van der Waals surface area contributed by atoms with Crippen LogP contribution in [0.25, 0.3) is 0 Å². The van der Waals surface area contributed by atoms with Crippen molar-refractivity contribution < 1.29 is 19.4 Å². The third-order valence-corrected chi connectivity index (χ3v) is 2.50. The van der Waals surface area contributed by atoms with Gasteiger partial charge in [0.05, 0.1) is 12.3 Å². The summed E-state index contributed by atoms with van der Waals surface area (Å²) in [6.45, 7) is 1.93. The van der Waals surface area contributed by atoms with Crippen LogP contribution in [0.3, 0.4) is 0 Å². The van der Waals surface area contributed by atoms with Crippen molar-refractivity contribution in [2.75, 3.05) is 0 Å². The van der Waals surface area contributed by atoms with Gasteiger partial charge in [0.2, 0.25) is 0 Å². The molecule has 0 aliphatic carbocycles. The summed E-state index contributed by atoms with van der Waals surface area (Å²) in [7, 11) is 0. The minimum atomic E-state index is -0.954. The van der Waals surface area contributed by atoms with Crippen LogP contribution in [-0.2, 0) is 20.9 Å². The van der Waals surface area contributed by atoms with E-state index in [1.165, 1.54) is 0 Å². The molecule has 1 aromatic carbocycles. The Morgan fingerprint density at radius 2 is 1.94 bits per heavy atom. The molecule has 0 amide bonds. The number of carbonyl (C=O) groups is 2. The van der Waals surface area contributed by atoms with Crippen LogP contribution in [0.1, 0.15) is 25.3 Å². The van der Waals surface area contributed by atoms with Crippen molar-refractivity contribution in [1.82, 2.24) is 0 Å². The Morgan fingerprint density at radius 1 is 1.29 bits per heavy atom. The second-order valence-corrected chi connectivity index (χ2v) is 3.79. The first-order valence-electron chi connectivity index (χ1n) is 5.55. The fourth-order valence-electron chi connectivity index (χ4n) is 1.40. The minimum absolute atomic E-state index is 0.0708. The van der Waals surface area contributed by atoms with Gasteiger partial charge in [-0.25, -0.2) is 0 Å². The van der Waals surface area contributed by atoms with E-state index in [4.69, 9.17) is 9.84 Å². The Morgan fingerprint density at radius 3 is 2.47 bits per heavy atom. The summed E-state index contributed by atoms with van der Waals surface area (Å²) in [4.78, 5) is 22.1. The molecule has 0 bridgehead atoms. The molecule has 0 saturated heterocycles. The molecule has 1 rings (SSSR count). The molecular weight excluding hydrogens is 220 g/mol. The van der Waals surface area contributed by atoms with Gasteiger partial charge >= 0.3 is 11.9 Å². The van der Waals surface area contributed by atoms with Gasteiger partial charge in [0, 0.05) is 0 Å². The fourth-order valence-corrected chi connectivity index (χ4v) is 1.40. The molecule has 1 N–H and O–H groups in total. The number of benzene rings is 1. The number of aliphatic carboxylic acids is 1. The average molecular weight is 236 g/mol. The molecule has 1 atom stereocenters. The maximum Gasteiger partial charge on any atom is 0.307 e. The highest BCUT2D eigenvalue weighted by Gasteiger charge is 2.19. The summed E-state index contributed by atoms with van der Waals surface area (Å²) in [6, 6.07) is 9.29. The van der Waals surface area contributed by atoms with Gasteiger partial charge in [-0.05, 0) is 12.0 Å². The zero-order chi connectivity index (χ0) is 12.7. The van der Waals surface area contributed by atoms with E-state index in [-0.39, 0.29) is 13.0 Å². The number of rotatable bonds is 6. The lowest BCUT2D eigenvalue weighted by atomic mass is 10.0. The number of hydrogen-bond donors (Lipinski definition) is 1. The molecule has 17 heavy (non-hydrogen) atoms. The standard InChI is InChI=1S/C13H16O4/c1-2-11(13(15)16)8-12(14)17-9-10-6-4-3-5-7-10/h3-7,11H,2,8-9H2,1H3,(H,15,16). The minimum Gasteiger partial charge on any atom is -0.481 e. The van der Waals surface area contributed by atoms with Crippen molar-refractivity contribution in [2.45, 2.75) is 26.4 Å². The predicted molar refractivity (Wildman–Crippen MR) is 62.3 cm³/mol. The summed E-state index contributed by atoms with van der Waals surface area (Å²) in [5, 5.41) is 8.80. The highest BCUT2D eigenvalue weighted by Crippen LogP contribution is 2.10. The quantitative estimate of drug-likeness (QED) is 0.769. The maximum atomic E-state index is 11.4. The van der Waals surface area contributed by atoms with E-state index >= 15 is 0 Å². The molecule has 0 aliphatic rings. The maximum absolute atomic E-state index is 11.4. The SMILES string of the molecule is CCC(CC(=O)OCc1ccccc1)C(=O)O. The van der Waals surface area contributed by atoms with Crippen LogP contribution >= 0.6 is 0 Å². The number of carboxylic acids is 1. The summed E-state index contributed by atoms with van der Waals surface area (Å²) in [6.07, 6.45) is 0.356. The number of ether oxygens (including phenoxy) is 1. The predicted octanol–water partition coefficient (Wildman–Crippen LogP) is 2.23. The van der Waals surface area contributed by atoms with Crippen LogP contribution in [0.15, 0.2) is 30.3 Å². The summed E-state index contributed by atoms with van der Waals surface area (Å²) in [5.74, 6) is -2.08. The first kappa shape index (κ1) is 13.2. The van der Waals surface area contributed by atoms with Gasteiger partial charge in [0.15, 0.2) is 0 Å². The van der Waals surface area contributed by atoms with Crippen LogP contribution in [0.2, 0.25) is 0 Å². The molecule has 0 radical (unpaired) electrons. The second kappa shape index (κ2) is 6.68. The normalized spacial score (nSPS) is 11.8. The van der Waals surface area contributed by atoms with Gasteiger partial charge in [-0.3, -0.25) is 9.59 Å². The van der Waals surface area contributed by atoms with Crippen molar-refractivity contribution in [3.8, 4) is 0 Å². The van der Waals surface area contributed by atoms with Crippen LogP contribution < -0.4 is 0 Å². The Balaban J connectivity index is 2.37. The lowest BCUT2D eigenvalue weighted by Crippen LogP contribution is -2.18. The van der Waals surface area contributed by atoms with Crippen molar-refractivity contribution in [3.05, 3.63) is 35.9 Å². The Bertz CT molecular complexity index is 372. The number of hydrogen-bond acceptors (Lipinski definition) is 3. The molecular formula is C13H16O4. The van der Waals surface area contributed by atoms with Gasteiger partial charge in [-0.15, -0.1) is 0 Å². The number of esters is 1. The Hall–Kier alpha value is -1.84. The van der Waals surface area contributed by atoms with E-state index in [1.807, 2.05) is 30.3 Å². The van der Waals surface area contributed by atoms with Gasteiger partial charge in [-0.1, -0.05) is 37.3 Å². The Kier molecular flexibility index (Phi) is 5.20. The van der Waals surface area contributed by atoms with Crippen LogP contribution in [0, 0.1) is 5.92 Å². The van der Waals surface area contributed by atoms with Crippen LogP contribution in [0.5, 0.6) is 0 Å². The molecule has 0 fully saturated rings. The van der Waals surface area contributed by atoms with Crippen LogP contribution in [-0.4, -0.2) is 17.0 Å². The van der Waals surface area contributed by atoms with Crippen molar-refractivity contribution in [3.63, 3.8) is 0 Å². The lowest BCUT2D eigenvalue weighted by Gasteiger charge is -2.09. The summed E-state index contributed by atoms with van der Waals surface area (Å²) < 4.78 is 5.01. The van der Waals surface area contributed by atoms with E-state index in [2.05, 4.69) is 0 Å². The second-order valence-electron chi connectivity index (χ2n) is 3.79. The van der Waals surface area contributed by atoms with Crippen molar-refractivity contribution in [2.24, 2.45) is 5.92 Å². The topological polar surface area (TPSA) is 63.6 Å². The van der Waals surface area contributed by atoms with Gasteiger partial charge in [0.1, 0.15) is 6.61 Å². The summed E-state index contributed by atoms with van der Waals surface area (Å²) >= 11 is 0. The van der Waals surface area contributed by atoms with Crippen LogP contribution in [0.4, 0.5) is 0 Å². The molecule has 0 spiro atoms. The average Bonchev–Trinajstić information content (AvgIpc) is 2.34. The highest BCUT2D eigenvalue weighted by atomic mass is 16.5. The number of carbonyl (C=O) groups excluding carboxylic acids is 1. The van der Waals surface area contributed by atoms with Gasteiger partial charge in [-0.2, -0.15) is 0 Å². The van der Waals surface area contributed by atoms with E-state index in [1.54, 1.807) is 6.92 Å².